The van der Waals surface area contributed by atoms with E-state index in [1.165, 1.54) is 16.4 Å². The Balaban J connectivity index is 1.95. The molecule has 4 rings (SSSR count). The Hall–Kier alpha value is -2.27. The van der Waals surface area contributed by atoms with Gasteiger partial charge in [-0.2, -0.15) is 0 Å². The van der Waals surface area contributed by atoms with Gasteiger partial charge in [-0.25, -0.2) is 15.0 Å². The van der Waals surface area contributed by atoms with Crippen molar-refractivity contribution in [2.24, 2.45) is 0 Å². The number of hydrogen-bond acceptors (Lipinski definition) is 4. The molecule has 86 valence electrons. The summed E-state index contributed by atoms with van der Waals surface area (Å²) in [6, 6.07) is 10.5. The normalized spacial score (nSPS) is 11.3. The smallest absolute Gasteiger partial charge is 0.181 e. The molecule has 0 fully saturated rings. The molecule has 1 N–H and O–H groups in total. The van der Waals surface area contributed by atoms with Crippen LogP contribution in [0.2, 0.25) is 0 Å². The highest BCUT2D eigenvalue weighted by molar-refractivity contribution is 7.22. The summed E-state index contributed by atoms with van der Waals surface area (Å²) in [5.74, 6) is 0.853. The van der Waals surface area contributed by atoms with Gasteiger partial charge >= 0.3 is 0 Å². The van der Waals surface area contributed by atoms with Gasteiger partial charge < -0.3 is 4.98 Å². The lowest BCUT2D eigenvalue weighted by Crippen LogP contribution is -1.76. The second kappa shape index (κ2) is 3.61. The van der Waals surface area contributed by atoms with Gasteiger partial charge in [-0.3, -0.25) is 0 Å². The summed E-state index contributed by atoms with van der Waals surface area (Å²) in [5, 5.41) is 1.24. The minimum atomic E-state index is 0.706. The zero-order valence-electron chi connectivity index (χ0n) is 9.29. The molecule has 0 saturated heterocycles. The van der Waals surface area contributed by atoms with Gasteiger partial charge in [0.2, 0.25) is 0 Å². The summed E-state index contributed by atoms with van der Waals surface area (Å²) in [5.41, 5.74) is 1.57. The van der Waals surface area contributed by atoms with Crippen LogP contribution >= 0.6 is 11.3 Å². The van der Waals surface area contributed by atoms with E-state index in [1.54, 1.807) is 17.5 Å². The van der Waals surface area contributed by atoms with Gasteiger partial charge in [-0.15, -0.1) is 11.3 Å². The van der Waals surface area contributed by atoms with Gasteiger partial charge in [0.15, 0.2) is 11.5 Å². The highest BCUT2D eigenvalue weighted by Crippen LogP contribution is 2.32. The van der Waals surface area contributed by atoms with Gasteiger partial charge in [-0.1, -0.05) is 18.2 Å². The molecule has 3 heterocycles. The molecule has 0 bridgehead atoms. The fourth-order valence-corrected chi connectivity index (χ4v) is 2.98. The second-order valence-corrected chi connectivity index (χ2v) is 5.08. The number of H-pyrrole nitrogens is 1. The summed E-state index contributed by atoms with van der Waals surface area (Å²) in [4.78, 5) is 17.0. The minimum absolute atomic E-state index is 0.706. The predicted octanol–water partition coefficient (Wildman–Crippen LogP) is 3.23. The zero-order valence-corrected chi connectivity index (χ0v) is 10.1. The topological polar surface area (TPSA) is 54.5 Å². The first-order valence-corrected chi connectivity index (χ1v) is 6.36. The van der Waals surface area contributed by atoms with E-state index in [2.05, 4.69) is 38.1 Å². The fraction of sp³-hybridized carbons (Fsp3) is 0. The first kappa shape index (κ1) is 9.73. The average molecular weight is 252 g/mol. The number of rotatable bonds is 1. The van der Waals surface area contributed by atoms with E-state index in [1.807, 2.05) is 12.1 Å². The maximum Gasteiger partial charge on any atom is 0.181 e. The fourth-order valence-electron chi connectivity index (χ4n) is 1.98. The van der Waals surface area contributed by atoms with Gasteiger partial charge in [0, 0.05) is 4.70 Å². The summed E-state index contributed by atoms with van der Waals surface area (Å²) in [7, 11) is 0. The molecule has 0 amide bonds. The van der Waals surface area contributed by atoms with Crippen molar-refractivity contribution in [3.8, 4) is 10.7 Å². The maximum absolute atomic E-state index is 4.48. The molecule has 0 saturated carbocycles. The molecule has 4 aromatic rings. The molecule has 1 aromatic carbocycles. The molecular weight excluding hydrogens is 244 g/mol. The van der Waals surface area contributed by atoms with Gasteiger partial charge in [0.25, 0.3) is 0 Å². The standard InChI is InChI=1S/C13H8N4S/c1-2-4-10-8(3-1)5-11(18-10)13-16-9-6-14-7-15-12(9)17-13/h1-7H,(H,14,15,16,17). The van der Waals surface area contributed by atoms with Crippen molar-refractivity contribution < 1.29 is 0 Å². The first-order chi connectivity index (χ1) is 8.90. The average Bonchev–Trinajstić information content (AvgIpc) is 3.02. The van der Waals surface area contributed by atoms with Crippen LogP contribution < -0.4 is 0 Å². The number of nitrogens with one attached hydrogen (secondary N) is 1. The Morgan fingerprint density at radius 2 is 2.11 bits per heavy atom. The Labute approximate surface area is 106 Å². The molecule has 4 nitrogen and oxygen atoms in total. The van der Waals surface area contributed by atoms with Crippen LogP contribution in [0.4, 0.5) is 0 Å². The molecule has 5 heteroatoms. The summed E-state index contributed by atoms with van der Waals surface area (Å²) >= 11 is 1.72. The Morgan fingerprint density at radius 3 is 3.00 bits per heavy atom. The van der Waals surface area contributed by atoms with Gasteiger partial charge in [-0.05, 0) is 17.5 Å². The van der Waals surface area contributed by atoms with Crippen molar-refractivity contribution >= 4 is 32.6 Å². The van der Waals surface area contributed by atoms with Crippen LogP contribution in [0, 0.1) is 0 Å². The lowest BCUT2D eigenvalue weighted by Gasteiger charge is -1.86. The van der Waals surface area contributed by atoms with Crippen LogP contribution in [-0.2, 0) is 0 Å². The third-order valence-corrected chi connectivity index (χ3v) is 3.94. The summed E-state index contributed by atoms with van der Waals surface area (Å²) in [6.07, 6.45) is 3.25. The van der Waals surface area contributed by atoms with Gasteiger partial charge in [0.05, 0.1) is 11.1 Å². The molecule has 0 radical (unpaired) electrons. The van der Waals surface area contributed by atoms with E-state index in [9.17, 15) is 0 Å². The van der Waals surface area contributed by atoms with Crippen LogP contribution in [-0.4, -0.2) is 19.9 Å². The number of aromatic amines is 1. The molecule has 0 spiro atoms. The minimum Gasteiger partial charge on any atom is -0.335 e. The van der Waals surface area contributed by atoms with Crippen molar-refractivity contribution in [3.63, 3.8) is 0 Å². The second-order valence-electron chi connectivity index (χ2n) is 3.99. The first-order valence-electron chi connectivity index (χ1n) is 5.55. The van der Waals surface area contributed by atoms with Crippen molar-refractivity contribution in [2.75, 3.05) is 0 Å². The molecule has 18 heavy (non-hydrogen) atoms. The van der Waals surface area contributed by atoms with Crippen molar-refractivity contribution in [2.45, 2.75) is 0 Å². The third kappa shape index (κ3) is 1.41. The molecule has 0 aliphatic carbocycles. The van der Waals surface area contributed by atoms with Crippen molar-refractivity contribution in [1.82, 2.24) is 19.9 Å². The van der Waals surface area contributed by atoms with E-state index >= 15 is 0 Å². The van der Waals surface area contributed by atoms with E-state index in [4.69, 9.17) is 0 Å². The van der Waals surface area contributed by atoms with Crippen LogP contribution in [0.5, 0.6) is 0 Å². The lowest BCUT2D eigenvalue weighted by molar-refractivity contribution is 1.20. The van der Waals surface area contributed by atoms with E-state index in [0.717, 1.165) is 16.2 Å². The Morgan fingerprint density at radius 1 is 1.17 bits per heavy atom. The molecule has 0 aliphatic rings. The van der Waals surface area contributed by atoms with Crippen molar-refractivity contribution in [1.29, 1.82) is 0 Å². The molecule has 0 atom stereocenters. The Kier molecular flexibility index (Phi) is 1.95. The van der Waals surface area contributed by atoms with Crippen LogP contribution in [0.15, 0.2) is 42.9 Å². The Bertz CT molecular complexity index is 708. The highest BCUT2D eigenvalue weighted by Gasteiger charge is 2.09. The summed E-state index contributed by atoms with van der Waals surface area (Å²) in [6.45, 7) is 0. The number of benzene rings is 1. The zero-order chi connectivity index (χ0) is 11.9. The molecule has 3 aromatic heterocycles. The number of hydrogen-bond donors (Lipinski definition) is 1. The number of nitrogens with zero attached hydrogens (tertiary/aromatic N) is 3. The van der Waals surface area contributed by atoms with Crippen LogP contribution in [0.3, 0.4) is 0 Å². The van der Waals surface area contributed by atoms with E-state index in [-0.39, 0.29) is 0 Å². The largest absolute Gasteiger partial charge is 0.335 e. The quantitative estimate of drug-likeness (QED) is 0.566. The monoisotopic (exact) mass is 252 g/mol. The lowest BCUT2D eigenvalue weighted by atomic mass is 10.2. The summed E-state index contributed by atoms with van der Waals surface area (Å²) < 4.78 is 1.26. The van der Waals surface area contributed by atoms with Crippen LogP contribution in [0.25, 0.3) is 32.0 Å². The molecule has 0 unspecified atom stereocenters. The molecule has 0 aliphatic heterocycles. The number of aromatic nitrogens is 4. The third-order valence-electron chi connectivity index (χ3n) is 2.82. The number of imidazole rings is 1. The molecular formula is C13H8N4S. The predicted molar refractivity (Wildman–Crippen MR) is 72.5 cm³/mol. The van der Waals surface area contributed by atoms with E-state index in [0.29, 0.717) is 5.65 Å². The van der Waals surface area contributed by atoms with Crippen molar-refractivity contribution in [3.05, 3.63) is 42.9 Å². The van der Waals surface area contributed by atoms with Crippen LogP contribution in [0.1, 0.15) is 0 Å². The van der Waals surface area contributed by atoms with Gasteiger partial charge in [0.1, 0.15) is 11.8 Å². The van der Waals surface area contributed by atoms with E-state index < -0.39 is 0 Å². The highest BCUT2D eigenvalue weighted by atomic mass is 32.1. The SMILES string of the molecule is c1ccc2sc(-c3nc4ncncc4[nH]3)cc2c1. The maximum atomic E-state index is 4.48. The number of fused-ring (bicyclic) bond motifs is 2. The number of thiophene rings is 1.